The molecule has 3 rings (SSSR count). The van der Waals surface area contributed by atoms with E-state index in [4.69, 9.17) is 9.84 Å². The third kappa shape index (κ3) is 3.86. The van der Waals surface area contributed by atoms with Crippen LogP contribution in [0.15, 0.2) is 36.4 Å². The van der Waals surface area contributed by atoms with Crippen molar-refractivity contribution in [2.45, 2.75) is 18.9 Å². The van der Waals surface area contributed by atoms with Gasteiger partial charge in [-0.25, -0.2) is 0 Å². The predicted octanol–water partition coefficient (Wildman–Crippen LogP) is 2.39. The van der Waals surface area contributed by atoms with E-state index in [0.29, 0.717) is 6.54 Å². The highest BCUT2D eigenvalue weighted by Crippen LogP contribution is 2.30. The molecule has 0 heterocycles. The van der Waals surface area contributed by atoms with Crippen molar-refractivity contribution in [1.29, 1.82) is 0 Å². The van der Waals surface area contributed by atoms with Gasteiger partial charge in [0.15, 0.2) is 0 Å². The van der Waals surface area contributed by atoms with Gasteiger partial charge in [-0.05, 0) is 53.8 Å². The van der Waals surface area contributed by atoms with E-state index in [1.165, 1.54) is 12.8 Å². The van der Waals surface area contributed by atoms with E-state index < -0.39 is 6.10 Å². The summed E-state index contributed by atoms with van der Waals surface area (Å²) >= 11 is 0. The number of rotatable bonds is 7. The van der Waals surface area contributed by atoms with Crippen LogP contribution in [0, 0.1) is 5.92 Å². The Morgan fingerprint density at radius 3 is 2.67 bits per heavy atom. The topological polar surface area (TPSA) is 61.7 Å². The van der Waals surface area contributed by atoms with Crippen LogP contribution in [0.1, 0.15) is 12.8 Å². The zero-order valence-corrected chi connectivity index (χ0v) is 12.0. The lowest BCUT2D eigenvalue weighted by molar-refractivity contribution is 0.105. The third-order valence-corrected chi connectivity index (χ3v) is 3.75. The molecule has 3 N–H and O–H groups in total. The summed E-state index contributed by atoms with van der Waals surface area (Å²) in [6, 6.07) is 12.1. The molecule has 0 unspecified atom stereocenters. The summed E-state index contributed by atoms with van der Waals surface area (Å²) in [5.74, 6) is 1.68. The van der Waals surface area contributed by atoms with Gasteiger partial charge in [0.1, 0.15) is 5.75 Å². The van der Waals surface area contributed by atoms with Crippen LogP contribution in [0.4, 0.5) is 5.69 Å². The van der Waals surface area contributed by atoms with Crippen LogP contribution in [0.3, 0.4) is 0 Å². The van der Waals surface area contributed by atoms with Gasteiger partial charge < -0.3 is 20.3 Å². The molecule has 4 nitrogen and oxygen atoms in total. The smallest absolute Gasteiger partial charge is 0.119 e. The van der Waals surface area contributed by atoms with Gasteiger partial charge >= 0.3 is 0 Å². The van der Waals surface area contributed by atoms with E-state index in [1.54, 1.807) is 0 Å². The van der Waals surface area contributed by atoms with Crippen LogP contribution in [0.5, 0.6) is 5.75 Å². The van der Waals surface area contributed by atoms with Gasteiger partial charge in [-0.2, -0.15) is 0 Å². The number of aliphatic hydroxyl groups excluding tert-OH is 2. The number of hydrogen-bond donors (Lipinski definition) is 3. The van der Waals surface area contributed by atoms with Gasteiger partial charge in [-0.3, -0.25) is 0 Å². The van der Waals surface area contributed by atoms with E-state index in [9.17, 15) is 5.11 Å². The normalized spacial score (nSPS) is 15.9. The molecular formula is C17H21NO3. The minimum Gasteiger partial charge on any atom is -0.493 e. The molecule has 0 saturated heterocycles. The molecule has 0 aliphatic heterocycles. The van der Waals surface area contributed by atoms with E-state index in [-0.39, 0.29) is 6.61 Å². The summed E-state index contributed by atoms with van der Waals surface area (Å²) in [6.45, 7) is 0.928. The lowest BCUT2D eigenvalue weighted by Gasteiger charge is -2.11. The summed E-state index contributed by atoms with van der Waals surface area (Å²) in [7, 11) is 0. The van der Waals surface area contributed by atoms with Crippen molar-refractivity contribution in [3.05, 3.63) is 36.4 Å². The number of hydrogen-bond acceptors (Lipinski definition) is 4. The molecule has 1 saturated carbocycles. The zero-order valence-electron chi connectivity index (χ0n) is 12.0. The number of ether oxygens (including phenoxy) is 1. The second-order valence-electron chi connectivity index (χ2n) is 5.70. The summed E-state index contributed by atoms with van der Waals surface area (Å²) in [5, 5.41) is 23.5. The van der Waals surface area contributed by atoms with Crippen molar-refractivity contribution in [3.63, 3.8) is 0 Å². The lowest BCUT2D eigenvalue weighted by Crippen LogP contribution is -2.22. The Bertz CT molecular complexity index is 610. The van der Waals surface area contributed by atoms with Crippen molar-refractivity contribution in [2.24, 2.45) is 5.92 Å². The first-order valence-corrected chi connectivity index (χ1v) is 7.44. The Hall–Kier alpha value is -1.78. The molecule has 0 amide bonds. The van der Waals surface area contributed by atoms with Crippen LogP contribution in [0.2, 0.25) is 0 Å². The summed E-state index contributed by atoms with van der Waals surface area (Å²) in [6.07, 6.45) is 1.85. The average molecular weight is 287 g/mol. The largest absolute Gasteiger partial charge is 0.493 e. The molecule has 0 radical (unpaired) electrons. The van der Waals surface area contributed by atoms with Gasteiger partial charge in [-0.1, -0.05) is 12.1 Å². The number of anilines is 1. The molecule has 2 aromatic carbocycles. The highest BCUT2D eigenvalue weighted by atomic mass is 16.5. The summed E-state index contributed by atoms with van der Waals surface area (Å²) in [5.41, 5.74) is 0.932. The lowest BCUT2D eigenvalue weighted by atomic mass is 10.1. The van der Waals surface area contributed by atoms with E-state index in [2.05, 4.69) is 11.4 Å². The van der Waals surface area contributed by atoms with Crippen molar-refractivity contribution in [3.8, 4) is 5.75 Å². The van der Waals surface area contributed by atoms with Crippen molar-refractivity contribution >= 4 is 16.5 Å². The highest BCUT2D eigenvalue weighted by Gasteiger charge is 2.21. The second-order valence-corrected chi connectivity index (χ2v) is 5.70. The minimum absolute atomic E-state index is 0.234. The molecule has 4 heteroatoms. The molecule has 0 spiro atoms. The summed E-state index contributed by atoms with van der Waals surface area (Å²) in [4.78, 5) is 0. The van der Waals surface area contributed by atoms with Crippen LogP contribution in [-0.4, -0.2) is 36.1 Å². The van der Waals surface area contributed by atoms with Crippen molar-refractivity contribution < 1.29 is 14.9 Å². The molecule has 1 aliphatic rings. The molecule has 2 aromatic rings. The highest BCUT2D eigenvalue weighted by molar-refractivity contribution is 5.86. The monoisotopic (exact) mass is 287 g/mol. The molecular weight excluding hydrogens is 266 g/mol. The standard InChI is InChI=1S/C17H21NO3/c19-10-16(20)9-18-15-5-3-14-8-17(6-4-13(14)7-15)21-11-12-1-2-12/h3-8,12,16,18-20H,1-2,9-11H2/t16-/m1/s1. The first-order chi connectivity index (χ1) is 10.2. The van der Waals surface area contributed by atoms with Crippen molar-refractivity contribution in [2.75, 3.05) is 25.1 Å². The molecule has 1 aliphatic carbocycles. The molecule has 1 fully saturated rings. The van der Waals surface area contributed by atoms with Crippen molar-refractivity contribution in [1.82, 2.24) is 0 Å². The fraction of sp³-hybridized carbons (Fsp3) is 0.412. The van der Waals surface area contributed by atoms with Gasteiger partial charge in [0.05, 0.1) is 19.3 Å². The third-order valence-electron chi connectivity index (χ3n) is 3.75. The SMILES string of the molecule is OC[C@H](O)CNc1ccc2cc(OCC3CC3)ccc2c1. The molecule has 1 atom stereocenters. The second kappa shape index (κ2) is 6.33. The zero-order chi connectivity index (χ0) is 14.7. The Kier molecular flexibility index (Phi) is 4.27. The van der Waals surface area contributed by atoms with Crippen LogP contribution in [0.25, 0.3) is 10.8 Å². The quantitative estimate of drug-likeness (QED) is 0.732. The maximum Gasteiger partial charge on any atom is 0.119 e. The van der Waals surface area contributed by atoms with E-state index in [1.807, 2.05) is 30.3 Å². The van der Waals surface area contributed by atoms with Gasteiger partial charge in [0.25, 0.3) is 0 Å². The number of aliphatic hydroxyl groups is 2. The molecule has 112 valence electrons. The van der Waals surface area contributed by atoms with Crippen LogP contribution >= 0.6 is 0 Å². The Balaban J connectivity index is 1.68. The molecule has 0 aromatic heterocycles. The maximum absolute atomic E-state index is 9.35. The predicted molar refractivity (Wildman–Crippen MR) is 83.7 cm³/mol. The Labute approximate surface area is 124 Å². The fourth-order valence-corrected chi connectivity index (χ4v) is 2.22. The van der Waals surface area contributed by atoms with Crippen LogP contribution in [-0.2, 0) is 0 Å². The molecule has 21 heavy (non-hydrogen) atoms. The molecule has 0 bridgehead atoms. The Morgan fingerprint density at radius 1 is 1.14 bits per heavy atom. The maximum atomic E-state index is 9.35. The van der Waals surface area contributed by atoms with Gasteiger partial charge in [0.2, 0.25) is 0 Å². The summed E-state index contributed by atoms with van der Waals surface area (Å²) < 4.78 is 5.79. The number of benzene rings is 2. The van der Waals surface area contributed by atoms with E-state index in [0.717, 1.165) is 34.7 Å². The van der Waals surface area contributed by atoms with Gasteiger partial charge in [0, 0.05) is 12.2 Å². The first-order valence-electron chi connectivity index (χ1n) is 7.44. The fourth-order valence-electron chi connectivity index (χ4n) is 2.22. The Morgan fingerprint density at radius 2 is 1.90 bits per heavy atom. The number of fused-ring (bicyclic) bond motifs is 1. The average Bonchev–Trinajstić information content (AvgIpc) is 3.34. The first kappa shape index (κ1) is 14.2. The van der Waals surface area contributed by atoms with Gasteiger partial charge in [-0.15, -0.1) is 0 Å². The van der Waals surface area contributed by atoms with Crippen LogP contribution < -0.4 is 10.1 Å². The van der Waals surface area contributed by atoms with E-state index >= 15 is 0 Å². The number of nitrogens with one attached hydrogen (secondary N) is 1. The minimum atomic E-state index is -0.737.